The quantitative estimate of drug-likeness (QED) is 0.859. The summed E-state index contributed by atoms with van der Waals surface area (Å²) in [6, 6.07) is 6.51. The summed E-state index contributed by atoms with van der Waals surface area (Å²) < 4.78 is 0. The molecule has 2 N–H and O–H groups in total. The molecule has 1 aliphatic heterocycles. The topological polar surface area (TPSA) is 72.9 Å². The minimum atomic E-state index is -0.945. The van der Waals surface area contributed by atoms with Crippen molar-refractivity contribution in [1.82, 2.24) is 15.1 Å². The lowest BCUT2D eigenvalue weighted by atomic mass is 9.92. The Labute approximate surface area is 149 Å². The molecule has 25 heavy (non-hydrogen) atoms. The molecule has 1 aromatic carbocycles. The number of piperazine rings is 1. The monoisotopic (exact) mass is 347 g/mol. The molecule has 1 aromatic rings. The summed E-state index contributed by atoms with van der Waals surface area (Å²) in [4.78, 5) is 27.4. The van der Waals surface area contributed by atoms with Gasteiger partial charge in [0.2, 0.25) is 0 Å². The average molecular weight is 347 g/mol. The third-order valence-electron chi connectivity index (χ3n) is 4.48. The third kappa shape index (κ3) is 6.38. The van der Waals surface area contributed by atoms with E-state index in [1.54, 1.807) is 24.3 Å². The second-order valence-corrected chi connectivity index (χ2v) is 7.80. The molecule has 1 saturated heterocycles. The van der Waals surface area contributed by atoms with Gasteiger partial charge >= 0.3 is 12.0 Å². The van der Waals surface area contributed by atoms with Gasteiger partial charge in [-0.2, -0.15) is 0 Å². The molecular weight excluding hydrogens is 318 g/mol. The van der Waals surface area contributed by atoms with Gasteiger partial charge in [0.15, 0.2) is 0 Å². The number of urea groups is 1. The van der Waals surface area contributed by atoms with Crippen molar-refractivity contribution in [3.63, 3.8) is 0 Å². The number of benzene rings is 1. The largest absolute Gasteiger partial charge is 0.478 e. The number of nitrogens with one attached hydrogen (secondary N) is 1. The van der Waals surface area contributed by atoms with Gasteiger partial charge in [0.05, 0.1) is 5.56 Å². The Hall–Kier alpha value is -2.08. The van der Waals surface area contributed by atoms with Crippen molar-refractivity contribution >= 4 is 12.0 Å². The first-order valence-corrected chi connectivity index (χ1v) is 8.82. The lowest BCUT2D eigenvalue weighted by Crippen LogP contribution is -2.51. The molecule has 138 valence electrons. The standard InChI is InChI=1S/C19H29N3O3/c1-19(2,3)8-9-21-10-12-22(13-11-21)18(25)20-14-15-4-6-16(7-5-15)17(23)24/h4-7H,8-14H2,1-3H3,(H,20,25)(H,23,24). The number of rotatable bonds is 5. The van der Waals surface area contributed by atoms with Crippen molar-refractivity contribution in [3.8, 4) is 0 Å². The Balaban J connectivity index is 1.72. The van der Waals surface area contributed by atoms with Crippen LogP contribution in [0.5, 0.6) is 0 Å². The molecule has 0 unspecified atom stereocenters. The summed E-state index contributed by atoms with van der Waals surface area (Å²) in [7, 11) is 0. The molecule has 0 aliphatic carbocycles. The number of hydrogen-bond donors (Lipinski definition) is 2. The van der Waals surface area contributed by atoms with Crippen molar-refractivity contribution in [2.24, 2.45) is 5.41 Å². The first-order valence-electron chi connectivity index (χ1n) is 8.82. The lowest BCUT2D eigenvalue weighted by Gasteiger charge is -2.35. The molecule has 2 amide bonds. The van der Waals surface area contributed by atoms with E-state index in [1.165, 1.54) is 0 Å². The molecule has 1 aliphatic rings. The van der Waals surface area contributed by atoms with Crippen LogP contribution in [0.4, 0.5) is 4.79 Å². The van der Waals surface area contributed by atoms with Gasteiger partial charge < -0.3 is 15.3 Å². The zero-order chi connectivity index (χ0) is 18.4. The van der Waals surface area contributed by atoms with Crippen molar-refractivity contribution in [1.29, 1.82) is 0 Å². The maximum atomic E-state index is 12.3. The fourth-order valence-electron chi connectivity index (χ4n) is 2.72. The predicted octanol–water partition coefficient (Wildman–Crippen LogP) is 2.65. The van der Waals surface area contributed by atoms with Gasteiger partial charge in [-0.25, -0.2) is 9.59 Å². The summed E-state index contributed by atoms with van der Waals surface area (Å²) >= 11 is 0. The van der Waals surface area contributed by atoms with E-state index in [9.17, 15) is 9.59 Å². The zero-order valence-corrected chi connectivity index (χ0v) is 15.4. The van der Waals surface area contributed by atoms with Crippen LogP contribution in [-0.2, 0) is 6.54 Å². The summed E-state index contributed by atoms with van der Waals surface area (Å²) in [5.41, 5.74) is 1.48. The van der Waals surface area contributed by atoms with Crippen molar-refractivity contribution in [3.05, 3.63) is 35.4 Å². The SMILES string of the molecule is CC(C)(C)CCN1CCN(C(=O)NCc2ccc(C(=O)O)cc2)CC1. The highest BCUT2D eigenvalue weighted by Crippen LogP contribution is 2.19. The molecular formula is C19H29N3O3. The fraction of sp³-hybridized carbons (Fsp3) is 0.579. The van der Waals surface area contributed by atoms with Gasteiger partial charge in [-0.15, -0.1) is 0 Å². The smallest absolute Gasteiger partial charge is 0.335 e. The van der Waals surface area contributed by atoms with Crippen molar-refractivity contribution in [2.75, 3.05) is 32.7 Å². The fourth-order valence-corrected chi connectivity index (χ4v) is 2.72. The molecule has 1 fully saturated rings. The molecule has 0 bridgehead atoms. The van der Waals surface area contributed by atoms with E-state index < -0.39 is 5.97 Å². The van der Waals surface area contributed by atoms with Gasteiger partial charge in [-0.3, -0.25) is 4.90 Å². The number of carboxylic acid groups (broad SMARTS) is 1. The van der Waals surface area contributed by atoms with Crippen LogP contribution in [0.2, 0.25) is 0 Å². The highest BCUT2D eigenvalue weighted by molar-refractivity contribution is 5.87. The van der Waals surface area contributed by atoms with Gasteiger partial charge in [0.25, 0.3) is 0 Å². The van der Waals surface area contributed by atoms with E-state index in [-0.39, 0.29) is 11.6 Å². The van der Waals surface area contributed by atoms with Gasteiger partial charge in [0.1, 0.15) is 0 Å². The van der Waals surface area contributed by atoms with Crippen LogP contribution in [0.25, 0.3) is 0 Å². The zero-order valence-electron chi connectivity index (χ0n) is 15.4. The van der Waals surface area contributed by atoms with Crippen LogP contribution in [0.1, 0.15) is 43.1 Å². The third-order valence-corrected chi connectivity index (χ3v) is 4.48. The Morgan fingerprint density at radius 1 is 1.08 bits per heavy atom. The molecule has 6 heteroatoms. The molecule has 0 radical (unpaired) electrons. The maximum absolute atomic E-state index is 12.3. The number of aromatic carboxylic acids is 1. The Morgan fingerprint density at radius 3 is 2.20 bits per heavy atom. The number of hydrogen-bond acceptors (Lipinski definition) is 3. The van der Waals surface area contributed by atoms with E-state index in [1.807, 2.05) is 4.90 Å². The van der Waals surface area contributed by atoms with Gasteiger partial charge in [0, 0.05) is 32.7 Å². The summed E-state index contributed by atoms with van der Waals surface area (Å²) in [6.45, 7) is 11.5. The second kappa shape index (κ2) is 8.34. The second-order valence-electron chi connectivity index (χ2n) is 7.80. The van der Waals surface area contributed by atoms with Crippen LogP contribution in [0.15, 0.2) is 24.3 Å². The maximum Gasteiger partial charge on any atom is 0.335 e. The number of carboxylic acids is 1. The average Bonchev–Trinajstić information content (AvgIpc) is 2.58. The van der Waals surface area contributed by atoms with Crippen LogP contribution < -0.4 is 5.32 Å². The van der Waals surface area contributed by atoms with E-state index in [2.05, 4.69) is 31.0 Å². The summed E-state index contributed by atoms with van der Waals surface area (Å²) in [5, 5.41) is 11.8. The van der Waals surface area contributed by atoms with Crippen molar-refractivity contribution in [2.45, 2.75) is 33.7 Å². The number of nitrogens with zero attached hydrogens (tertiary/aromatic N) is 2. The first-order chi connectivity index (χ1) is 11.7. The Bertz CT molecular complexity index is 585. The van der Waals surface area contributed by atoms with E-state index in [0.29, 0.717) is 12.0 Å². The molecule has 0 saturated carbocycles. The summed E-state index contributed by atoms with van der Waals surface area (Å²) in [6.07, 6.45) is 1.16. The molecule has 2 rings (SSSR count). The minimum Gasteiger partial charge on any atom is -0.478 e. The van der Waals surface area contributed by atoms with Crippen LogP contribution >= 0.6 is 0 Å². The molecule has 6 nitrogen and oxygen atoms in total. The van der Waals surface area contributed by atoms with E-state index in [0.717, 1.165) is 44.7 Å². The minimum absolute atomic E-state index is 0.0576. The number of carbonyl (C=O) groups is 2. The van der Waals surface area contributed by atoms with E-state index >= 15 is 0 Å². The highest BCUT2D eigenvalue weighted by atomic mass is 16.4. The van der Waals surface area contributed by atoms with Gasteiger partial charge in [-0.05, 0) is 36.1 Å². The number of carbonyl (C=O) groups excluding carboxylic acids is 1. The molecule has 1 heterocycles. The summed E-state index contributed by atoms with van der Waals surface area (Å²) in [5.74, 6) is -0.945. The normalized spacial score (nSPS) is 15.9. The first kappa shape index (κ1) is 19.2. The predicted molar refractivity (Wildman–Crippen MR) is 97.7 cm³/mol. The van der Waals surface area contributed by atoms with Crippen LogP contribution in [0, 0.1) is 5.41 Å². The molecule has 0 atom stereocenters. The van der Waals surface area contributed by atoms with Gasteiger partial charge in [-0.1, -0.05) is 32.9 Å². The van der Waals surface area contributed by atoms with E-state index in [4.69, 9.17) is 5.11 Å². The Morgan fingerprint density at radius 2 is 1.68 bits per heavy atom. The molecule has 0 spiro atoms. The van der Waals surface area contributed by atoms with Crippen LogP contribution in [0.3, 0.4) is 0 Å². The molecule has 0 aromatic heterocycles. The van der Waals surface area contributed by atoms with Crippen LogP contribution in [-0.4, -0.2) is 59.6 Å². The highest BCUT2D eigenvalue weighted by Gasteiger charge is 2.22. The Kier molecular flexibility index (Phi) is 6.42. The van der Waals surface area contributed by atoms with Crippen molar-refractivity contribution < 1.29 is 14.7 Å². The number of amides is 2. The lowest BCUT2D eigenvalue weighted by molar-refractivity contribution is 0.0697.